The summed E-state index contributed by atoms with van der Waals surface area (Å²) in [4.78, 5) is 12.0. The first-order chi connectivity index (χ1) is 9.70. The molecule has 0 amide bonds. The SMILES string of the molecule is CCOC(=O)C1=c2ccccc2=C2C=C(Cl)C=CC2O1. The molecule has 1 atom stereocenters. The van der Waals surface area contributed by atoms with Gasteiger partial charge in [-0.15, -0.1) is 0 Å². The molecule has 1 heterocycles. The zero-order valence-electron chi connectivity index (χ0n) is 10.9. The Balaban J connectivity index is 2.29. The maximum atomic E-state index is 12.0. The number of halogens is 1. The van der Waals surface area contributed by atoms with Crippen LogP contribution in [0.1, 0.15) is 6.92 Å². The lowest BCUT2D eigenvalue weighted by Crippen LogP contribution is -2.40. The molecule has 0 fully saturated rings. The highest BCUT2D eigenvalue weighted by molar-refractivity contribution is 6.32. The van der Waals surface area contributed by atoms with Crippen molar-refractivity contribution < 1.29 is 14.3 Å². The Labute approximate surface area is 121 Å². The lowest BCUT2D eigenvalue weighted by Gasteiger charge is -2.24. The summed E-state index contributed by atoms with van der Waals surface area (Å²) in [6.07, 6.45) is 5.18. The third-order valence-corrected chi connectivity index (χ3v) is 3.45. The zero-order chi connectivity index (χ0) is 14.1. The lowest BCUT2D eigenvalue weighted by atomic mass is 9.98. The van der Waals surface area contributed by atoms with E-state index in [1.54, 1.807) is 13.0 Å². The van der Waals surface area contributed by atoms with Crippen LogP contribution in [0.15, 0.2) is 47.5 Å². The van der Waals surface area contributed by atoms with Crippen molar-refractivity contribution in [2.75, 3.05) is 6.61 Å². The molecule has 0 spiro atoms. The normalized spacial score (nSPS) is 19.7. The molecule has 0 saturated carbocycles. The van der Waals surface area contributed by atoms with Crippen LogP contribution in [-0.2, 0) is 14.3 Å². The molecule has 0 aromatic heterocycles. The predicted molar refractivity (Wildman–Crippen MR) is 77.1 cm³/mol. The van der Waals surface area contributed by atoms with Crippen molar-refractivity contribution in [3.63, 3.8) is 0 Å². The quantitative estimate of drug-likeness (QED) is 0.776. The molecule has 20 heavy (non-hydrogen) atoms. The summed E-state index contributed by atoms with van der Waals surface area (Å²) in [5.74, 6) is -0.180. The van der Waals surface area contributed by atoms with Gasteiger partial charge in [-0.25, -0.2) is 4.79 Å². The Morgan fingerprint density at radius 3 is 2.85 bits per heavy atom. The topological polar surface area (TPSA) is 35.5 Å². The second kappa shape index (κ2) is 5.17. The highest BCUT2D eigenvalue weighted by Crippen LogP contribution is 2.25. The standard InChI is InChI=1S/C16H13ClO3/c1-2-19-16(18)15-12-6-4-3-5-11(12)13-9-10(17)7-8-14(13)20-15/h3-9,14H,2H2,1H3. The molecule has 0 radical (unpaired) electrons. The Morgan fingerprint density at radius 2 is 2.10 bits per heavy atom. The Morgan fingerprint density at radius 1 is 1.35 bits per heavy atom. The number of rotatable bonds is 2. The van der Waals surface area contributed by atoms with Gasteiger partial charge < -0.3 is 9.47 Å². The summed E-state index contributed by atoms with van der Waals surface area (Å²) in [7, 11) is 0. The van der Waals surface area contributed by atoms with E-state index in [0.29, 0.717) is 11.6 Å². The Bertz CT molecular complexity index is 743. The van der Waals surface area contributed by atoms with Crippen LogP contribution in [0.5, 0.6) is 0 Å². The van der Waals surface area contributed by atoms with Crippen molar-refractivity contribution in [2.24, 2.45) is 0 Å². The van der Waals surface area contributed by atoms with E-state index in [4.69, 9.17) is 21.1 Å². The first-order valence-electron chi connectivity index (χ1n) is 6.43. The van der Waals surface area contributed by atoms with Crippen LogP contribution in [0.25, 0.3) is 11.3 Å². The molecular formula is C16H13ClO3. The van der Waals surface area contributed by atoms with Crippen LogP contribution in [-0.4, -0.2) is 18.7 Å². The fraction of sp³-hybridized carbons (Fsp3) is 0.188. The molecule has 3 nitrogen and oxygen atoms in total. The molecule has 1 aromatic carbocycles. The van der Waals surface area contributed by atoms with Gasteiger partial charge in [-0.3, -0.25) is 0 Å². The molecule has 1 aromatic rings. The van der Waals surface area contributed by atoms with E-state index in [-0.39, 0.29) is 11.9 Å². The largest absolute Gasteiger partial charge is 0.474 e. The highest BCUT2D eigenvalue weighted by atomic mass is 35.5. The molecule has 4 heteroatoms. The van der Waals surface area contributed by atoms with Crippen LogP contribution >= 0.6 is 11.6 Å². The molecule has 0 saturated heterocycles. The fourth-order valence-electron chi connectivity index (χ4n) is 2.37. The lowest BCUT2D eigenvalue weighted by molar-refractivity contribution is -0.138. The van der Waals surface area contributed by atoms with Crippen LogP contribution < -0.4 is 10.4 Å². The zero-order valence-corrected chi connectivity index (χ0v) is 11.7. The number of carbonyl (C=O) groups excluding carboxylic acids is 1. The van der Waals surface area contributed by atoms with Gasteiger partial charge in [-0.1, -0.05) is 35.9 Å². The summed E-state index contributed by atoms with van der Waals surface area (Å²) in [5.41, 5.74) is 0.959. The van der Waals surface area contributed by atoms with Crippen LogP contribution in [0, 0.1) is 0 Å². The fourth-order valence-corrected chi connectivity index (χ4v) is 2.56. The van der Waals surface area contributed by atoms with Gasteiger partial charge in [0.1, 0.15) is 6.10 Å². The second-order valence-corrected chi connectivity index (χ2v) is 4.91. The van der Waals surface area contributed by atoms with Gasteiger partial charge in [-0.2, -0.15) is 0 Å². The monoisotopic (exact) mass is 288 g/mol. The summed E-state index contributed by atoms with van der Waals surface area (Å²) in [6.45, 7) is 2.09. The highest BCUT2D eigenvalue weighted by Gasteiger charge is 2.26. The van der Waals surface area contributed by atoms with Gasteiger partial charge in [0.2, 0.25) is 5.76 Å². The molecule has 1 unspecified atom stereocenters. The van der Waals surface area contributed by atoms with Gasteiger partial charge in [0.15, 0.2) is 0 Å². The number of fused-ring (bicyclic) bond motifs is 2. The van der Waals surface area contributed by atoms with Crippen molar-refractivity contribution in [2.45, 2.75) is 13.0 Å². The molecular weight excluding hydrogens is 276 g/mol. The van der Waals surface area contributed by atoms with E-state index < -0.39 is 5.97 Å². The van der Waals surface area contributed by atoms with E-state index in [1.165, 1.54) is 0 Å². The van der Waals surface area contributed by atoms with Crippen molar-refractivity contribution in [3.8, 4) is 0 Å². The van der Waals surface area contributed by atoms with Gasteiger partial charge in [-0.05, 0) is 30.4 Å². The summed E-state index contributed by atoms with van der Waals surface area (Å²) in [5, 5.41) is 2.34. The van der Waals surface area contributed by atoms with Crippen molar-refractivity contribution in [1.29, 1.82) is 0 Å². The molecule has 1 aliphatic heterocycles. The third kappa shape index (κ3) is 2.14. The van der Waals surface area contributed by atoms with Gasteiger partial charge in [0.25, 0.3) is 0 Å². The number of ether oxygens (including phenoxy) is 2. The van der Waals surface area contributed by atoms with Crippen molar-refractivity contribution in [1.82, 2.24) is 0 Å². The number of carbonyl (C=O) groups is 1. The minimum Gasteiger partial charge on any atom is -0.474 e. The summed E-state index contributed by atoms with van der Waals surface area (Å²) >= 11 is 6.05. The molecule has 0 N–H and O–H groups in total. The maximum Gasteiger partial charge on any atom is 0.374 e. The Hall–Kier alpha value is -2.00. The molecule has 102 valence electrons. The van der Waals surface area contributed by atoms with Gasteiger partial charge >= 0.3 is 5.97 Å². The summed E-state index contributed by atoms with van der Waals surface area (Å²) in [6, 6.07) is 7.60. The maximum absolute atomic E-state index is 12.0. The average Bonchev–Trinajstić information content (AvgIpc) is 2.47. The van der Waals surface area contributed by atoms with Gasteiger partial charge in [0, 0.05) is 15.8 Å². The smallest absolute Gasteiger partial charge is 0.374 e. The number of allylic oxidation sites excluding steroid dienone is 2. The average molecular weight is 289 g/mol. The first kappa shape index (κ1) is 13.0. The van der Waals surface area contributed by atoms with E-state index in [9.17, 15) is 4.79 Å². The van der Waals surface area contributed by atoms with Crippen molar-refractivity contribution in [3.05, 3.63) is 58.0 Å². The Kier molecular flexibility index (Phi) is 3.36. The first-order valence-corrected chi connectivity index (χ1v) is 6.81. The molecule has 1 aliphatic carbocycles. The third-order valence-electron chi connectivity index (χ3n) is 3.22. The number of hydrogen-bond donors (Lipinski definition) is 0. The molecule has 3 rings (SSSR count). The second-order valence-electron chi connectivity index (χ2n) is 4.48. The molecule has 2 aliphatic rings. The number of benzene rings is 1. The van der Waals surface area contributed by atoms with E-state index in [0.717, 1.165) is 16.0 Å². The van der Waals surface area contributed by atoms with Crippen LogP contribution in [0.2, 0.25) is 0 Å². The minimum atomic E-state index is -0.437. The molecule has 0 bridgehead atoms. The van der Waals surface area contributed by atoms with E-state index in [1.807, 2.05) is 36.4 Å². The van der Waals surface area contributed by atoms with Crippen LogP contribution in [0.4, 0.5) is 0 Å². The number of esters is 1. The van der Waals surface area contributed by atoms with Crippen LogP contribution in [0.3, 0.4) is 0 Å². The van der Waals surface area contributed by atoms with Crippen molar-refractivity contribution >= 4 is 28.9 Å². The minimum absolute atomic E-state index is 0.257. The number of hydrogen-bond acceptors (Lipinski definition) is 3. The van der Waals surface area contributed by atoms with Gasteiger partial charge in [0.05, 0.1) is 6.61 Å². The van der Waals surface area contributed by atoms with E-state index >= 15 is 0 Å². The van der Waals surface area contributed by atoms with E-state index in [2.05, 4.69) is 0 Å². The predicted octanol–water partition coefficient (Wildman–Crippen LogP) is 1.60. The summed E-state index contributed by atoms with van der Waals surface area (Å²) < 4.78 is 10.9.